The van der Waals surface area contributed by atoms with Gasteiger partial charge in [-0.2, -0.15) is 13.2 Å². The fourth-order valence-electron chi connectivity index (χ4n) is 2.85. The summed E-state index contributed by atoms with van der Waals surface area (Å²) in [4.78, 5) is 2.05. The van der Waals surface area contributed by atoms with Crippen molar-refractivity contribution in [1.82, 2.24) is 0 Å². The number of anilines is 1. The summed E-state index contributed by atoms with van der Waals surface area (Å²) in [7, 11) is 0. The Morgan fingerprint density at radius 3 is 2.70 bits per heavy atom. The van der Waals surface area contributed by atoms with Crippen LogP contribution in [-0.2, 0) is 12.1 Å². The molecule has 1 aliphatic rings. The molecule has 112 valence electrons. The van der Waals surface area contributed by atoms with Crippen LogP contribution in [0.15, 0.2) is 18.2 Å². The Kier molecular flexibility index (Phi) is 4.84. The summed E-state index contributed by atoms with van der Waals surface area (Å²) in [5.41, 5.74) is 0.195. The van der Waals surface area contributed by atoms with Gasteiger partial charge in [-0.05, 0) is 36.5 Å². The predicted molar refractivity (Wildman–Crippen MR) is 76.2 cm³/mol. The molecule has 0 saturated carbocycles. The lowest BCUT2D eigenvalue weighted by Crippen LogP contribution is -2.20. The molecule has 5 heteroatoms. The second-order valence-electron chi connectivity index (χ2n) is 5.36. The van der Waals surface area contributed by atoms with Crippen LogP contribution < -0.4 is 4.90 Å². The average molecular weight is 306 g/mol. The van der Waals surface area contributed by atoms with E-state index in [0.29, 0.717) is 11.6 Å². The van der Waals surface area contributed by atoms with Gasteiger partial charge in [-0.3, -0.25) is 0 Å². The first-order chi connectivity index (χ1) is 9.45. The van der Waals surface area contributed by atoms with E-state index in [2.05, 4.69) is 6.92 Å². The molecule has 0 amide bonds. The number of nitrogens with zero attached hydrogens (tertiary/aromatic N) is 1. The third-order valence-electron chi connectivity index (χ3n) is 3.89. The molecule has 1 nitrogen and oxygen atoms in total. The molecule has 1 heterocycles. The molecule has 0 aromatic heterocycles. The Morgan fingerprint density at radius 1 is 1.35 bits per heavy atom. The average Bonchev–Trinajstić information content (AvgIpc) is 2.86. The van der Waals surface area contributed by atoms with Gasteiger partial charge in [0.25, 0.3) is 0 Å². The highest BCUT2D eigenvalue weighted by Gasteiger charge is 2.34. The lowest BCUT2D eigenvalue weighted by molar-refractivity contribution is -0.138. The number of hydrogen-bond donors (Lipinski definition) is 0. The highest BCUT2D eigenvalue weighted by atomic mass is 35.5. The van der Waals surface area contributed by atoms with E-state index in [4.69, 9.17) is 11.6 Å². The molecule has 1 aromatic carbocycles. The number of alkyl halides is 4. The van der Waals surface area contributed by atoms with E-state index in [9.17, 15) is 13.2 Å². The topological polar surface area (TPSA) is 3.24 Å². The Labute approximate surface area is 122 Å². The molecule has 1 fully saturated rings. The van der Waals surface area contributed by atoms with E-state index in [1.165, 1.54) is 12.1 Å². The summed E-state index contributed by atoms with van der Waals surface area (Å²) in [6.07, 6.45) is -1.02. The normalized spacial score (nSPS) is 19.6. The van der Waals surface area contributed by atoms with Gasteiger partial charge in [-0.1, -0.05) is 19.4 Å². The Balaban J connectivity index is 2.22. The van der Waals surface area contributed by atoms with E-state index in [1.54, 1.807) is 6.07 Å². The van der Waals surface area contributed by atoms with Crippen molar-refractivity contribution in [2.24, 2.45) is 5.92 Å². The Morgan fingerprint density at radius 2 is 2.10 bits per heavy atom. The zero-order valence-electron chi connectivity index (χ0n) is 11.5. The lowest BCUT2D eigenvalue weighted by atomic mass is 10.0. The highest BCUT2D eigenvalue weighted by molar-refractivity contribution is 6.17. The summed E-state index contributed by atoms with van der Waals surface area (Å²) in [5, 5.41) is 0. The van der Waals surface area contributed by atoms with Crippen molar-refractivity contribution in [2.45, 2.75) is 38.2 Å². The molecule has 1 saturated heterocycles. The summed E-state index contributed by atoms with van der Waals surface area (Å²) in [6.45, 7) is 3.83. The molecular weight excluding hydrogens is 287 g/mol. The molecule has 2 rings (SSSR count). The van der Waals surface area contributed by atoms with Crippen molar-refractivity contribution in [3.63, 3.8) is 0 Å². The van der Waals surface area contributed by atoms with Crippen molar-refractivity contribution >= 4 is 17.3 Å². The van der Waals surface area contributed by atoms with Gasteiger partial charge in [-0.25, -0.2) is 0 Å². The zero-order valence-corrected chi connectivity index (χ0v) is 12.3. The number of hydrogen-bond acceptors (Lipinski definition) is 1. The Bertz CT molecular complexity index is 459. The monoisotopic (exact) mass is 305 g/mol. The smallest absolute Gasteiger partial charge is 0.371 e. The van der Waals surface area contributed by atoms with E-state index in [-0.39, 0.29) is 11.4 Å². The van der Waals surface area contributed by atoms with Crippen LogP contribution in [0.4, 0.5) is 18.9 Å². The van der Waals surface area contributed by atoms with Crippen LogP contribution in [0.5, 0.6) is 0 Å². The van der Waals surface area contributed by atoms with E-state index >= 15 is 0 Å². The van der Waals surface area contributed by atoms with Crippen LogP contribution in [0.25, 0.3) is 0 Å². The standard InChI is InChI=1S/C15H19ClF3N/c1-2-3-11-6-7-20(10-11)13-5-4-12(9-16)14(8-13)15(17,18)19/h4-5,8,11H,2-3,6-7,9-10H2,1H3. The van der Waals surface area contributed by atoms with Crippen molar-refractivity contribution < 1.29 is 13.2 Å². The first-order valence-electron chi connectivity index (χ1n) is 6.96. The van der Waals surface area contributed by atoms with Crippen molar-refractivity contribution in [1.29, 1.82) is 0 Å². The van der Waals surface area contributed by atoms with Gasteiger partial charge < -0.3 is 4.90 Å². The van der Waals surface area contributed by atoms with Crippen molar-refractivity contribution in [2.75, 3.05) is 18.0 Å². The quantitative estimate of drug-likeness (QED) is 0.702. The molecule has 1 aliphatic heterocycles. The highest BCUT2D eigenvalue weighted by Crippen LogP contribution is 2.36. The minimum absolute atomic E-state index is 0.117. The van der Waals surface area contributed by atoms with Crippen LogP contribution in [0.2, 0.25) is 0 Å². The van der Waals surface area contributed by atoms with Crippen LogP contribution in [0, 0.1) is 5.92 Å². The minimum atomic E-state index is -4.34. The lowest BCUT2D eigenvalue weighted by Gasteiger charge is -2.21. The maximum absolute atomic E-state index is 13.0. The van der Waals surface area contributed by atoms with Gasteiger partial charge >= 0.3 is 6.18 Å². The van der Waals surface area contributed by atoms with E-state index < -0.39 is 11.7 Å². The second-order valence-corrected chi connectivity index (χ2v) is 5.63. The number of benzene rings is 1. The van der Waals surface area contributed by atoms with Gasteiger partial charge in [0, 0.05) is 24.7 Å². The third-order valence-corrected chi connectivity index (χ3v) is 4.18. The largest absolute Gasteiger partial charge is 0.416 e. The van der Waals surface area contributed by atoms with Crippen LogP contribution in [0.3, 0.4) is 0 Å². The van der Waals surface area contributed by atoms with Gasteiger partial charge in [0.1, 0.15) is 0 Å². The molecule has 0 aliphatic carbocycles. The minimum Gasteiger partial charge on any atom is -0.371 e. The first-order valence-corrected chi connectivity index (χ1v) is 7.50. The predicted octanol–water partition coefficient (Wildman–Crippen LogP) is 5.07. The van der Waals surface area contributed by atoms with Crippen LogP contribution in [0.1, 0.15) is 37.3 Å². The molecule has 20 heavy (non-hydrogen) atoms. The van der Waals surface area contributed by atoms with Gasteiger partial charge in [-0.15, -0.1) is 11.6 Å². The second kappa shape index (κ2) is 6.25. The summed E-state index contributed by atoms with van der Waals surface area (Å²) >= 11 is 5.60. The SMILES string of the molecule is CCCC1CCN(c2ccc(CCl)c(C(F)(F)F)c2)C1. The molecule has 1 unspecified atom stereocenters. The van der Waals surface area contributed by atoms with E-state index in [1.807, 2.05) is 4.90 Å². The van der Waals surface area contributed by atoms with Gasteiger partial charge in [0.15, 0.2) is 0 Å². The third kappa shape index (κ3) is 3.40. The van der Waals surface area contributed by atoms with Gasteiger partial charge in [0.05, 0.1) is 5.56 Å². The first kappa shape index (κ1) is 15.5. The van der Waals surface area contributed by atoms with Crippen molar-refractivity contribution in [3.05, 3.63) is 29.3 Å². The number of rotatable bonds is 4. The molecule has 0 N–H and O–H groups in total. The Hall–Kier alpha value is -0.900. The van der Waals surface area contributed by atoms with Gasteiger partial charge in [0.2, 0.25) is 0 Å². The molecule has 0 bridgehead atoms. The molecular formula is C15H19ClF3N. The molecule has 0 spiro atoms. The summed E-state index contributed by atoms with van der Waals surface area (Å²) < 4.78 is 39.1. The molecule has 0 radical (unpaired) electrons. The zero-order chi connectivity index (χ0) is 14.8. The van der Waals surface area contributed by atoms with Crippen molar-refractivity contribution in [3.8, 4) is 0 Å². The van der Waals surface area contributed by atoms with Crippen LogP contribution in [-0.4, -0.2) is 13.1 Å². The summed E-state index contributed by atoms with van der Waals surface area (Å²) in [5.74, 6) is 0.482. The molecule has 1 atom stereocenters. The maximum atomic E-state index is 13.0. The van der Waals surface area contributed by atoms with Crippen LogP contribution >= 0.6 is 11.6 Å². The maximum Gasteiger partial charge on any atom is 0.416 e. The van der Waals surface area contributed by atoms with E-state index in [0.717, 1.165) is 32.4 Å². The summed E-state index contributed by atoms with van der Waals surface area (Å²) in [6, 6.07) is 4.49. The fourth-order valence-corrected chi connectivity index (χ4v) is 3.09. The molecule has 1 aromatic rings. The number of halogens is 4. The fraction of sp³-hybridized carbons (Fsp3) is 0.600.